The quantitative estimate of drug-likeness (QED) is 0.135. The summed E-state index contributed by atoms with van der Waals surface area (Å²) in [7, 11) is 0. The smallest absolute Gasteiger partial charge is 0.330 e. The van der Waals surface area contributed by atoms with Crippen LogP contribution in [0.15, 0.2) is 24.3 Å². The van der Waals surface area contributed by atoms with Gasteiger partial charge in [0, 0.05) is 11.1 Å². The molecule has 0 unspecified atom stereocenters. The maximum absolute atomic E-state index is 10.5. The monoisotopic (exact) mass is 452 g/mol. The fraction of sp³-hybridized carbons (Fsp3) is 0.786. The topological polar surface area (TPSA) is 74.6 Å². The first-order chi connectivity index (χ1) is 15.2. The molecule has 0 radical (unpaired) electrons. The highest BCUT2D eigenvalue weighted by Gasteiger charge is 2.03. The van der Waals surface area contributed by atoms with Crippen LogP contribution in [-0.4, -0.2) is 22.2 Å². The van der Waals surface area contributed by atoms with E-state index in [1.807, 2.05) is 0 Å². The average Bonchev–Trinajstić information content (AvgIpc) is 2.74. The van der Waals surface area contributed by atoms with Crippen molar-refractivity contribution in [2.75, 3.05) is 0 Å². The van der Waals surface area contributed by atoms with Gasteiger partial charge in [0.15, 0.2) is 0 Å². The van der Waals surface area contributed by atoms with Gasteiger partial charge in [0.05, 0.1) is 0 Å². The van der Waals surface area contributed by atoms with E-state index in [9.17, 15) is 9.59 Å². The van der Waals surface area contributed by atoms with E-state index >= 15 is 0 Å². The molecule has 2 N–H and O–H groups in total. The zero-order valence-electron chi connectivity index (χ0n) is 21.4. The molecule has 4 nitrogen and oxygen atoms in total. The molecule has 0 aliphatic carbocycles. The molecule has 0 aliphatic rings. The van der Waals surface area contributed by atoms with Gasteiger partial charge in [-0.2, -0.15) is 0 Å². The van der Waals surface area contributed by atoms with E-state index in [0.717, 1.165) is 31.6 Å². The Morgan fingerprint density at radius 3 is 1.22 bits per heavy atom. The van der Waals surface area contributed by atoms with Gasteiger partial charge in [-0.3, -0.25) is 0 Å². The van der Waals surface area contributed by atoms with E-state index in [2.05, 4.69) is 33.9 Å². The maximum atomic E-state index is 10.5. The Hall–Kier alpha value is -1.58. The van der Waals surface area contributed by atoms with Gasteiger partial charge in [0.25, 0.3) is 0 Å². The van der Waals surface area contributed by atoms with Crippen LogP contribution in [0.25, 0.3) is 0 Å². The molecule has 0 spiro atoms. The van der Waals surface area contributed by atoms with E-state index in [4.69, 9.17) is 10.2 Å². The lowest BCUT2D eigenvalue weighted by molar-refractivity contribution is -0.133. The van der Waals surface area contributed by atoms with Gasteiger partial charge < -0.3 is 10.2 Å². The molecule has 0 saturated carbocycles. The Bertz CT molecular complexity index is 494. The first-order valence-electron chi connectivity index (χ1n) is 13.0. The Morgan fingerprint density at radius 2 is 0.906 bits per heavy atom. The van der Waals surface area contributed by atoms with E-state index in [1.54, 1.807) is 0 Å². The minimum atomic E-state index is -0.850. The van der Waals surface area contributed by atoms with Crippen molar-refractivity contribution in [3.8, 4) is 0 Å². The van der Waals surface area contributed by atoms with Crippen LogP contribution in [0.3, 0.4) is 0 Å². The molecular formula is C28H52O4. The number of unbranched alkanes of at least 4 members (excludes halogenated alkanes) is 13. The van der Waals surface area contributed by atoms with Crippen molar-refractivity contribution in [3.05, 3.63) is 24.3 Å². The number of hydrogen-bond donors (Lipinski definition) is 2. The van der Waals surface area contributed by atoms with Crippen molar-refractivity contribution in [2.24, 2.45) is 5.92 Å². The van der Waals surface area contributed by atoms with Gasteiger partial charge in [-0.1, -0.05) is 124 Å². The molecular weight excluding hydrogens is 400 g/mol. The first kappa shape index (κ1) is 32.6. The van der Waals surface area contributed by atoms with Crippen molar-refractivity contribution >= 4 is 11.9 Å². The molecule has 0 aromatic heterocycles. The molecule has 188 valence electrons. The van der Waals surface area contributed by atoms with E-state index < -0.39 is 11.9 Å². The number of hydrogen-bond acceptors (Lipinski definition) is 2. The summed E-state index contributed by atoms with van der Waals surface area (Å²) in [6, 6.07) is 0. The largest absolute Gasteiger partial charge is 0.478 e. The summed E-state index contributed by atoms with van der Waals surface area (Å²) in [5.41, 5.74) is 0.697. The van der Waals surface area contributed by atoms with Gasteiger partial charge in [-0.05, 0) is 31.6 Å². The van der Waals surface area contributed by atoms with Crippen molar-refractivity contribution in [1.29, 1.82) is 0 Å². The maximum Gasteiger partial charge on any atom is 0.330 e. The highest BCUT2D eigenvalue weighted by Crippen LogP contribution is 2.14. The Labute approximate surface area is 198 Å². The molecule has 32 heavy (non-hydrogen) atoms. The summed E-state index contributed by atoms with van der Waals surface area (Å²) in [6.07, 6.45) is 21.2. The highest BCUT2D eigenvalue weighted by atomic mass is 16.4. The van der Waals surface area contributed by atoms with Crippen molar-refractivity contribution in [1.82, 2.24) is 0 Å². The van der Waals surface area contributed by atoms with Crippen LogP contribution in [0.2, 0.25) is 0 Å². The van der Waals surface area contributed by atoms with Crippen molar-refractivity contribution < 1.29 is 19.8 Å². The molecule has 0 fully saturated rings. The predicted octanol–water partition coefficient (Wildman–Crippen LogP) is 8.95. The second kappa shape index (κ2) is 24.1. The number of carbonyl (C=O) groups is 2. The van der Waals surface area contributed by atoms with Crippen LogP contribution < -0.4 is 0 Å². The second-order valence-corrected chi connectivity index (χ2v) is 9.45. The zero-order chi connectivity index (χ0) is 24.6. The molecule has 0 aromatic carbocycles. The molecule has 0 amide bonds. The summed E-state index contributed by atoms with van der Waals surface area (Å²) >= 11 is 0. The fourth-order valence-electron chi connectivity index (χ4n) is 3.46. The SMILES string of the molecule is C=C(CCCCCCCCC(C)C)C(=O)O.C=C(CCCCCCCCCCC)C(=O)O. The summed E-state index contributed by atoms with van der Waals surface area (Å²) in [5.74, 6) is -0.879. The third kappa shape index (κ3) is 26.5. The summed E-state index contributed by atoms with van der Waals surface area (Å²) in [5, 5.41) is 17.2. The molecule has 0 aromatic rings. The summed E-state index contributed by atoms with van der Waals surface area (Å²) in [4.78, 5) is 20.9. The molecule has 0 rings (SSSR count). The normalized spacial score (nSPS) is 10.5. The standard InChI is InChI=1S/2C14H26O2/c1-12(2)10-8-6-4-5-7-9-11-13(3)14(15)16;1-3-4-5-6-7-8-9-10-11-12-13(2)14(15)16/h12H,3-11H2,1-2H3,(H,15,16);2-12H2,1H3,(H,15,16). The third-order valence-corrected chi connectivity index (χ3v) is 5.70. The number of aliphatic carboxylic acids is 2. The van der Waals surface area contributed by atoms with Gasteiger partial charge in [0.1, 0.15) is 0 Å². The predicted molar refractivity (Wildman–Crippen MR) is 137 cm³/mol. The van der Waals surface area contributed by atoms with Crippen LogP contribution in [-0.2, 0) is 9.59 Å². The number of carboxylic acid groups (broad SMARTS) is 2. The van der Waals surface area contributed by atoms with Gasteiger partial charge >= 0.3 is 11.9 Å². The van der Waals surface area contributed by atoms with Crippen LogP contribution >= 0.6 is 0 Å². The van der Waals surface area contributed by atoms with Gasteiger partial charge in [-0.15, -0.1) is 0 Å². The first-order valence-corrected chi connectivity index (χ1v) is 13.0. The van der Waals surface area contributed by atoms with Crippen LogP contribution in [0.4, 0.5) is 0 Å². The van der Waals surface area contributed by atoms with Crippen LogP contribution in [0, 0.1) is 5.92 Å². The Balaban J connectivity index is 0. The average molecular weight is 453 g/mol. The molecule has 0 saturated heterocycles. The van der Waals surface area contributed by atoms with E-state index in [1.165, 1.54) is 77.0 Å². The van der Waals surface area contributed by atoms with Gasteiger partial charge in [0.2, 0.25) is 0 Å². The highest BCUT2D eigenvalue weighted by molar-refractivity contribution is 5.85. The lowest BCUT2D eigenvalue weighted by atomic mass is 10.0. The minimum absolute atomic E-state index is 0.347. The second-order valence-electron chi connectivity index (χ2n) is 9.45. The Morgan fingerprint density at radius 1 is 0.594 bits per heavy atom. The lowest BCUT2D eigenvalue weighted by Gasteiger charge is -2.04. The number of rotatable bonds is 21. The van der Waals surface area contributed by atoms with E-state index in [-0.39, 0.29) is 0 Å². The number of carboxylic acids is 2. The van der Waals surface area contributed by atoms with Crippen LogP contribution in [0.1, 0.15) is 136 Å². The fourth-order valence-corrected chi connectivity index (χ4v) is 3.46. The molecule has 0 bridgehead atoms. The zero-order valence-corrected chi connectivity index (χ0v) is 21.4. The lowest BCUT2D eigenvalue weighted by Crippen LogP contribution is -1.98. The summed E-state index contributed by atoms with van der Waals surface area (Å²) in [6.45, 7) is 13.8. The van der Waals surface area contributed by atoms with Crippen molar-refractivity contribution in [3.63, 3.8) is 0 Å². The molecule has 0 heterocycles. The minimum Gasteiger partial charge on any atom is -0.478 e. The third-order valence-electron chi connectivity index (χ3n) is 5.70. The molecule has 4 heteroatoms. The van der Waals surface area contributed by atoms with Crippen molar-refractivity contribution in [2.45, 2.75) is 136 Å². The molecule has 0 atom stereocenters. The van der Waals surface area contributed by atoms with Gasteiger partial charge in [-0.25, -0.2) is 9.59 Å². The van der Waals surface area contributed by atoms with E-state index in [0.29, 0.717) is 24.0 Å². The summed E-state index contributed by atoms with van der Waals surface area (Å²) < 4.78 is 0. The van der Waals surface area contributed by atoms with Crippen LogP contribution in [0.5, 0.6) is 0 Å². The Kier molecular flexibility index (Phi) is 24.5. The molecule has 0 aliphatic heterocycles.